The third-order valence-corrected chi connectivity index (χ3v) is 5.36. The highest BCUT2D eigenvalue weighted by molar-refractivity contribution is 6.29. The van der Waals surface area contributed by atoms with Gasteiger partial charge in [-0.05, 0) is 50.2 Å². The molecule has 1 saturated heterocycles. The van der Waals surface area contributed by atoms with Gasteiger partial charge in [0.05, 0.1) is 5.69 Å². The van der Waals surface area contributed by atoms with Crippen LogP contribution in [0.4, 0.5) is 17.1 Å². The fourth-order valence-electron chi connectivity index (χ4n) is 3.49. The molecule has 0 unspecified atom stereocenters. The summed E-state index contributed by atoms with van der Waals surface area (Å²) in [5, 5.41) is 4.10. The Balaban J connectivity index is 1.46. The highest BCUT2D eigenvalue weighted by atomic mass is 35.5. The van der Waals surface area contributed by atoms with E-state index in [1.807, 2.05) is 22.7 Å². The highest BCUT2D eigenvalue weighted by Gasteiger charge is 2.18. The number of imidazole rings is 1. The van der Waals surface area contributed by atoms with Crippen molar-refractivity contribution in [3.05, 3.63) is 53.9 Å². The molecule has 3 aromatic rings. The molecule has 1 aromatic carbocycles. The minimum Gasteiger partial charge on any atom is -0.369 e. The molecule has 0 atom stereocenters. The molecular formula is C20H24ClN5. The van der Waals surface area contributed by atoms with Crippen molar-refractivity contribution < 1.29 is 0 Å². The van der Waals surface area contributed by atoms with Crippen LogP contribution in [0.3, 0.4) is 0 Å². The number of pyridine rings is 1. The number of nitrogens with zero attached hydrogens (tertiary/aromatic N) is 4. The standard InChI is InChI=1S/C20H24ClN5/c1-15(2)24-11-13-25(14-12-24)17-5-3-16(4-6-17)23-18-7-8-19(21)26-10-9-22-20(18)26/h3-10,15,23H,11-14H2,1-2H3. The fourth-order valence-corrected chi connectivity index (χ4v) is 3.69. The molecule has 1 N–H and O–H groups in total. The van der Waals surface area contributed by atoms with E-state index in [1.165, 1.54) is 5.69 Å². The maximum atomic E-state index is 6.20. The zero-order chi connectivity index (χ0) is 18.1. The zero-order valence-electron chi connectivity index (χ0n) is 15.2. The molecule has 1 aliphatic heterocycles. The van der Waals surface area contributed by atoms with Gasteiger partial charge < -0.3 is 10.2 Å². The van der Waals surface area contributed by atoms with E-state index in [4.69, 9.17) is 11.6 Å². The van der Waals surface area contributed by atoms with Crippen LogP contribution in [0.5, 0.6) is 0 Å². The summed E-state index contributed by atoms with van der Waals surface area (Å²) in [5.41, 5.74) is 4.09. The van der Waals surface area contributed by atoms with Crippen molar-refractivity contribution in [2.75, 3.05) is 36.4 Å². The molecule has 0 amide bonds. The number of hydrogen-bond donors (Lipinski definition) is 1. The van der Waals surface area contributed by atoms with E-state index in [2.05, 4.69) is 58.2 Å². The van der Waals surface area contributed by atoms with Crippen LogP contribution in [-0.2, 0) is 0 Å². The van der Waals surface area contributed by atoms with Crippen molar-refractivity contribution in [2.24, 2.45) is 0 Å². The number of nitrogens with one attached hydrogen (secondary N) is 1. The maximum Gasteiger partial charge on any atom is 0.161 e. The lowest BCUT2D eigenvalue weighted by Crippen LogP contribution is -2.48. The van der Waals surface area contributed by atoms with Crippen molar-refractivity contribution in [1.82, 2.24) is 14.3 Å². The number of fused-ring (bicyclic) bond motifs is 1. The molecule has 136 valence electrons. The Morgan fingerprint density at radius 2 is 1.73 bits per heavy atom. The molecule has 0 aliphatic carbocycles. The molecule has 5 nitrogen and oxygen atoms in total. The monoisotopic (exact) mass is 369 g/mol. The van der Waals surface area contributed by atoms with Crippen molar-refractivity contribution in [3.63, 3.8) is 0 Å². The zero-order valence-corrected chi connectivity index (χ0v) is 15.9. The fraction of sp³-hybridized carbons (Fsp3) is 0.350. The average molecular weight is 370 g/mol. The van der Waals surface area contributed by atoms with Crippen LogP contribution in [-0.4, -0.2) is 46.5 Å². The molecule has 0 bridgehead atoms. The van der Waals surface area contributed by atoms with Gasteiger partial charge in [-0.25, -0.2) is 4.98 Å². The lowest BCUT2D eigenvalue weighted by atomic mass is 10.2. The Bertz CT molecular complexity index is 879. The van der Waals surface area contributed by atoms with Crippen molar-refractivity contribution in [3.8, 4) is 0 Å². The second-order valence-corrected chi connectivity index (χ2v) is 7.37. The lowest BCUT2D eigenvalue weighted by molar-refractivity contribution is 0.209. The van der Waals surface area contributed by atoms with Crippen molar-refractivity contribution in [1.29, 1.82) is 0 Å². The third-order valence-electron chi connectivity index (χ3n) is 5.06. The SMILES string of the molecule is CC(C)N1CCN(c2ccc(Nc3ccc(Cl)n4ccnc34)cc2)CC1. The molecule has 1 aliphatic rings. The van der Waals surface area contributed by atoms with E-state index in [0.29, 0.717) is 11.2 Å². The van der Waals surface area contributed by atoms with Crippen LogP contribution in [0, 0.1) is 0 Å². The van der Waals surface area contributed by atoms with Gasteiger partial charge in [-0.2, -0.15) is 0 Å². The summed E-state index contributed by atoms with van der Waals surface area (Å²) in [7, 11) is 0. The quantitative estimate of drug-likeness (QED) is 0.697. The van der Waals surface area contributed by atoms with Crippen LogP contribution in [0.25, 0.3) is 5.65 Å². The molecule has 26 heavy (non-hydrogen) atoms. The molecule has 0 saturated carbocycles. The highest BCUT2D eigenvalue weighted by Crippen LogP contribution is 2.26. The Morgan fingerprint density at radius 1 is 1.00 bits per heavy atom. The molecule has 3 heterocycles. The molecule has 2 aromatic heterocycles. The van der Waals surface area contributed by atoms with Gasteiger partial charge in [-0.3, -0.25) is 9.30 Å². The smallest absolute Gasteiger partial charge is 0.161 e. The molecular weight excluding hydrogens is 346 g/mol. The molecule has 0 radical (unpaired) electrons. The van der Waals surface area contributed by atoms with Gasteiger partial charge in [0.1, 0.15) is 5.15 Å². The van der Waals surface area contributed by atoms with E-state index in [-0.39, 0.29) is 0 Å². The summed E-state index contributed by atoms with van der Waals surface area (Å²) in [6, 6.07) is 13.1. The third kappa shape index (κ3) is 3.37. The van der Waals surface area contributed by atoms with Gasteiger partial charge in [0, 0.05) is 56.0 Å². The number of hydrogen-bond acceptors (Lipinski definition) is 4. The largest absolute Gasteiger partial charge is 0.369 e. The van der Waals surface area contributed by atoms with E-state index >= 15 is 0 Å². The molecule has 4 rings (SSSR count). The van der Waals surface area contributed by atoms with Gasteiger partial charge in [-0.15, -0.1) is 0 Å². The van der Waals surface area contributed by atoms with Crippen LogP contribution in [0.2, 0.25) is 5.15 Å². The first-order chi connectivity index (χ1) is 12.6. The number of aromatic nitrogens is 2. The Labute approximate surface area is 159 Å². The minimum absolute atomic E-state index is 0.627. The second kappa shape index (κ2) is 7.17. The van der Waals surface area contributed by atoms with Gasteiger partial charge in [0.25, 0.3) is 0 Å². The van der Waals surface area contributed by atoms with Crippen molar-refractivity contribution >= 4 is 34.3 Å². The summed E-state index contributed by atoms with van der Waals surface area (Å²) < 4.78 is 1.87. The summed E-state index contributed by atoms with van der Waals surface area (Å²) in [4.78, 5) is 9.38. The Kier molecular flexibility index (Phi) is 4.74. The summed E-state index contributed by atoms with van der Waals surface area (Å²) in [6.07, 6.45) is 3.62. The first-order valence-electron chi connectivity index (χ1n) is 9.09. The summed E-state index contributed by atoms with van der Waals surface area (Å²) >= 11 is 6.20. The number of benzene rings is 1. The van der Waals surface area contributed by atoms with Crippen LogP contribution < -0.4 is 10.2 Å². The Hall–Kier alpha value is -2.24. The van der Waals surface area contributed by atoms with Crippen molar-refractivity contribution in [2.45, 2.75) is 19.9 Å². The molecule has 6 heteroatoms. The normalized spacial score (nSPS) is 15.8. The van der Waals surface area contributed by atoms with Crippen LogP contribution in [0.15, 0.2) is 48.8 Å². The summed E-state index contributed by atoms with van der Waals surface area (Å²) in [5.74, 6) is 0. The number of rotatable bonds is 4. The maximum absolute atomic E-state index is 6.20. The van der Waals surface area contributed by atoms with E-state index in [1.54, 1.807) is 6.20 Å². The number of halogens is 1. The predicted molar refractivity (Wildman–Crippen MR) is 109 cm³/mol. The van der Waals surface area contributed by atoms with Crippen LogP contribution >= 0.6 is 11.6 Å². The first-order valence-corrected chi connectivity index (χ1v) is 9.47. The van der Waals surface area contributed by atoms with Gasteiger partial charge >= 0.3 is 0 Å². The van der Waals surface area contributed by atoms with E-state index in [9.17, 15) is 0 Å². The average Bonchev–Trinajstić information content (AvgIpc) is 3.16. The topological polar surface area (TPSA) is 35.8 Å². The van der Waals surface area contributed by atoms with E-state index < -0.39 is 0 Å². The number of anilines is 3. The lowest BCUT2D eigenvalue weighted by Gasteiger charge is -2.38. The van der Waals surface area contributed by atoms with Crippen LogP contribution in [0.1, 0.15) is 13.8 Å². The summed E-state index contributed by atoms with van der Waals surface area (Å²) in [6.45, 7) is 8.95. The minimum atomic E-state index is 0.627. The van der Waals surface area contributed by atoms with Gasteiger partial charge in [0.2, 0.25) is 0 Å². The Morgan fingerprint density at radius 3 is 2.42 bits per heavy atom. The number of piperazine rings is 1. The van der Waals surface area contributed by atoms with Gasteiger partial charge in [0.15, 0.2) is 5.65 Å². The molecule has 1 fully saturated rings. The van der Waals surface area contributed by atoms with E-state index in [0.717, 1.165) is 43.2 Å². The first kappa shape index (κ1) is 17.2. The van der Waals surface area contributed by atoms with Gasteiger partial charge in [-0.1, -0.05) is 11.6 Å². The second-order valence-electron chi connectivity index (χ2n) is 6.98. The predicted octanol–water partition coefficient (Wildman–Crippen LogP) is 4.26. The molecule has 0 spiro atoms.